The summed E-state index contributed by atoms with van der Waals surface area (Å²) in [5.41, 5.74) is 3.31. The highest BCUT2D eigenvalue weighted by molar-refractivity contribution is 5.92. The van der Waals surface area contributed by atoms with Gasteiger partial charge in [-0.3, -0.25) is 5.01 Å². The zero-order valence-electron chi connectivity index (χ0n) is 12.9. The highest BCUT2D eigenvalue weighted by atomic mass is 16.6. The van der Waals surface area contributed by atoms with Crippen LogP contribution in [-0.2, 0) is 11.4 Å². The average molecular weight is 290 g/mol. The molecular weight excluding hydrogens is 268 g/mol. The molecule has 0 unspecified atom stereocenters. The second-order valence-corrected chi connectivity index (χ2v) is 4.65. The monoisotopic (exact) mass is 290 g/mol. The Labute approximate surface area is 125 Å². The minimum absolute atomic E-state index is 0.269. The van der Waals surface area contributed by atoms with Crippen molar-refractivity contribution < 1.29 is 9.63 Å². The highest BCUT2D eigenvalue weighted by Crippen LogP contribution is 2.21. The number of allylic oxidation sites excluding steroid dienone is 2. The van der Waals surface area contributed by atoms with E-state index in [1.165, 1.54) is 7.05 Å². The normalized spacial score (nSPS) is 11.6. The molecule has 0 bridgehead atoms. The number of hydrogen-bond acceptors (Lipinski definition) is 4. The number of urea groups is 1. The molecule has 0 spiro atoms. The number of rotatable bonds is 5. The Hall–Kier alpha value is -2.34. The van der Waals surface area contributed by atoms with Crippen LogP contribution in [-0.4, -0.2) is 23.8 Å². The summed E-state index contributed by atoms with van der Waals surface area (Å²) in [5, 5.41) is 7.71. The molecule has 114 valence electrons. The molecule has 0 aliphatic heterocycles. The van der Waals surface area contributed by atoms with Crippen molar-refractivity contribution in [1.29, 1.82) is 0 Å². The van der Waals surface area contributed by atoms with Gasteiger partial charge in [-0.1, -0.05) is 23.4 Å². The Morgan fingerprint density at radius 2 is 2.24 bits per heavy atom. The van der Waals surface area contributed by atoms with Crippen molar-refractivity contribution in [2.45, 2.75) is 27.4 Å². The largest absolute Gasteiger partial charge is 0.391 e. The summed E-state index contributed by atoms with van der Waals surface area (Å²) in [6.45, 7) is 5.98. The average Bonchev–Trinajstić information content (AvgIpc) is 2.42. The Balaban J connectivity index is 2.85. The van der Waals surface area contributed by atoms with Crippen LogP contribution in [0.15, 0.2) is 35.5 Å². The SMILES string of the molecule is C/C=C\C(C)=N\OCc1c(C)cccc1NC(=O)N(C)N. The lowest BCUT2D eigenvalue weighted by molar-refractivity contribution is 0.130. The van der Waals surface area contributed by atoms with E-state index in [1.54, 1.807) is 6.07 Å². The molecule has 0 aliphatic rings. The molecule has 1 aromatic carbocycles. The molecule has 0 heterocycles. The van der Waals surface area contributed by atoms with Crippen LogP contribution in [0.5, 0.6) is 0 Å². The number of nitrogens with one attached hydrogen (secondary N) is 1. The summed E-state index contributed by atoms with van der Waals surface area (Å²) in [4.78, 5) is 17.0. The van der Waals surface area contributed by atoms with Gasteiger partial charge < -0.3 is 10.2 Å². The molecule has 6 nitrogen and oxygen atoms in total. The number of carbonyl (C=O) groups excluding carboxylic acids is 1. The maximum Gasteiger partial charge on any atom is 0.335 e. The highest BCUT2D eigenvalue weighted by Gasteiger charge is 2.11. The Kier molecular flexibility index (Phi) is 6.42. The smallest absolute Gasteiger partial charge is 0.335 e. The second kappa shape index (κ2) is 8.06. The molecule has 0 fully saturated rings. The maximum absolute atomic E-state index is 11.7. The van der Waals surface area contributed by atoms with E-state index in [0.29, 0.717) is 5.69 Å². The Bertz CT molecular complexity index is 551. The van der Waals surface area contributed by atoms with Crippen molar-refractivity contribution in [3.63, 3.8) is 0 Å². The quantitative estimate of drug-likeness (QED) is 0.379. The Morgan fingerprint density at radius 1 is 1.52 bits per heavy atom. The minimum atomic E-state index is -0.393. The van der Waals surface area contributed by atoms with Crippen LogP contribution in [0.4, 0.5) is 10.5 Å². The molecular formula is C15H22N4O2. The van der Waals surface area contributed by atoms with Crippen LogP contribution in [0.2, 0.25) is 0 Å². The van der Waals surface area contributed by atoms with Gasteiger partial charge in [-0.15, -0.1) is 0 Å². The number of oxime groups is 1. The summed E-state index contributed by atoms with van der Waals surface area (Å²) in [6.07, 6.45) is 3.74. The van der Waals surface area contributed by atoms with Gasteiger partial charge in [0.05, 0.1) is 5.71 Å². The van der Waals surface area contributed by atoms with Crippen molar-refractivity contribution >= 4 is 17.4 Å². The van der Waals surface area contributed by atoms with Crippen molar-refractivity contribution in [3.05, 3.63) is 41.5 Å². The van der Waals surface area contributed by atoms with Gasteiger partial charge in [-0.05, 0) is 38.5 Å². The van der Waals surface area contributed by atoms with E-state index in [9.17, 15) is 4.79 Å². The van der Waals surface area contributed by atoms with Gasteiger partial charge in [0.25, 0.3) is 0 Å². The summed E-state index contributed by atoms with van der Waals surface area (Å²) in [5.74, 6) is 5.41. The number of amides is 2. The fourth-order valence-corrected chi connectivity index (χ4v) is 1.68. The maximum atomic E-state index is 11.7. The third kappa shape index (κ3) is 5.27. The molecule has 0 saturated heterocycles. The van der Waals surface area contributed by atoms with E-state index in [4.69, 9.17) is 10.7 Å². The fourth-order valence-electron chi connectivity index (χ4n) is 1.68. The first kappa shape index (κ1) is 16.7. The lowest BCUT2D eigenvalue weighted by atomic mass is 10.1. The molecule has 0 aromatic heterocycles. The van der Waals surface area contributed by atoms with Gasteiger partial charge in [0.2, 0.25) is 0 Å². The van der Waals surface area contributed by atoms with Crippen molar-refractivity contribution in [1.82, 2.24) is 5.01 Å². The summed E-state index contributed by atoms with van der Waals surface area (Å²) < 4.78 is 0. The van der Waals surface area contributed by atoms with Crippen LogP contribution in [0.3, 0.4) is 0 Å². The van der Waals surface area contributed by atoms with Crippen LogP contribution < -0.4 is 11.2 Å². The number of carbonyl (C=O) groups is 1. The van der Waals surface area contributed by atoms with Gasteiger partial charge in [0, 0.05) is 18.3 Å². The van der Waals surface area contributed by atoms with Gasteiger partial charge in [-0.2, -0.15) is 0 Å². The molecule has 0 saturated carbocycles. The molecule has 1 aromatic rings. The zero-order valence-corrected chi connectivity index (χ0v) is 12.9. The number of hydrogen-bond donors (Lipinski definition) is 2. The molecule has 0 atom stereocenters. The van der Waals surface area contributed by atoms with Gasteiger partial charge >= 0.3 is 6.03 Å². The summed E-state index contributed by atoms with van der Waals surface area (Å²) >= 11 is 0. The standard InChI is InChI=1S/C15H22N4O2/c1-5-7-12(3)18-21-10-13-11(2)8-6-9-14(13)17-15(20)19(4)16/h5-9H,10,16H2,1-4H3,(H,17,20)/b7-5-,18-12+. The van der Waals surface area contributed by atoms with Crippen LogP contribution in [0.25, 0.3) is 0 Å². The summed E-state index contributed by atoms with van der Waals surface area (Å²) in [7, 11) is 1.48. The molecule has 1 rings (SSSR count). The molecule has 2 amide bonds. The van der Waals surface area contributed by atoms with E-state index >= 15 is 0 Å². The third-order valence-electron chi connectivity index (χ3n) is 2.80. The van der Waals surface area contributed by atoms with Gasteiger partial charge in [-0.25, -0.2) is 10.6 Å². The summed E-state index contributed by atoms with van der Waals surface area (Å²) in [6, 6.07) is 5.22. The lowest BCUT2D eigenvalue weighted by Crippen LogP contribution is -2.37. The molecule has 6 heteroatoms. The van der Waals surface area contributed by atoms with Gasteiger partial charge in [0.15, 0.2) is 0 Å². The number of benzene rings is 1. The van der Waals surface area contributed by atoms with Gasteiger partial charge in [0.1, 0.15) is 6.61 Å². The van der Waals surface area contributed by atoms with Crippen LogP contribution >= 0.6 is 0 Å². The number of anilines is 1. The van der Waals surface area contributed by atoms with E-state index in [0.717, 1.165) is 21.8 Å². The number of aryl methyl sites for hydroxylation is 1. The first-order valence-electron chi connectivity index (χ1n) is 6.62. The second-order valence-electron chi connectivity index (χ2n) is 4.65. The third-order valence-corrected chi connectivity index (χ3v) is 2.80. The predicted molar refractivity (Wildman–Crippen MR) is 84.9 cm³/mol. The first-order chi connectivity index (χ1) is 9.95. The fraction of sp³-hybridized carbons (Fsp3) is 0.333. The first-order valence-corrected chi connectivity index (χ1v) is 6.62. The van der Waals surface area contributed by atoms with E-state index in [2.05, 4.69) is 10.5 Å². The topological polar surface area (TPSA) is 80.0 Å². The van der Waals surface area contributed by atoms with E-state index < -0.39 is 6.03 Å². The number of hydrazine groups is 1. The van der Waals surface area contributed by atoms with Crippen molar-refractivity contribution in [3.8, 4) is 0 Å². The molecule has 0 radical (unpaired) electrons. The van der Waals surface area contributed by atoms with Crippen molar-refractivity contribution in [2.24, 2.45) is 11.0 Å². The number of nitrogens with zero attached hydrogens (tertiary/aromatic N) is 2. The van der Waals surface area contributed by atoms with Crippen LogP contribution in [0, 0.1) is 6.92 Å². The zero-order chi connectivity index (χ0) is 15.8. The van der Waals surface area contributed by atoms with Crippen molar-refractivity contribution in [2.75, 3.05) is 12.4 Å². The molecule has 0 aliphatic carbocycles. The molecule has 3 N–H and O–H groups in total. The van der Waals surface area contributed by atoms with E-state index in [1.807, 2.05) is 45.1 Å². The minimum Gasteiger partial charge on any atom is -0.391 e. The Morgan fingerprint density at radius 3 is 2.86 bits per heavy atom. The molecule has 21 heavy (non-hydrogen) atoms. The van der Waals surface area contributed by atoms with Crippen LogP contribution in [0.1, 0.15) is 25.0 Å². The number of nitrogens with two attached hydrogens (primary N) is 1. The predicted octanol–water partition coefficient (Wildman–Crippen LogP) is 2.80. The lowest BCUT2D eigenvalue weighted by Gasteiger charge is -2.15. The van der Waals surface area contributed by atoms with E-state index in [-0.39, 0.29) is 6.61 Å².